The first-order chi connectivity index (χ1) is 10.2. The van der Waals surface area contributed by atoms with E-state index < -0.39 is 0 Å². The number of hydrogen-bond acceptors (Lipinski definition) is 4. The fraction of sp³-hybridized carbons (Fsp3) is 0.267. The lowest BCUT2D eigenvalue weighted by molar-refractivity contribution is 0.441. The smallest absolute Gasteiger partial charge is 0.256 e. The first kappa shape index (κ1) is 13.8. The maximum Gasteiger partial charge on any atom is 0.256 e. The monoisotopic (exact) mass is 302 g/mol. The lowest BCUT2D eigenvalue weighted by Gasteiger charge is -2.11. The molecule has 0 unspecified atom stereocenters. The molecule has 21 heavy (non-hydrogen) atoms. The molecule has 0 radical (unpaired) electrons. The topological polar surface area (TPSA) is 52.3 Å². The fourth-order valence-electron chi connectivity index (χ4n) is 2.12. The summed E-state index contributed by atoms with van der Waals surface area (Å²) in [5, 5.41) is 4.49. The van der Waals surface area contributed by atoms with E-state index in [1.165, 1.54) is 11.9 Å². The molecule has 0 N–H and O–H groups in total. The van der Waals surface area contributed by atoms with Crippen LogP contribution in [0.3, 0.4) is 0 Å². The Kier molecular flexibility index (Phi) is 3.75. The third-order valence-corrected chi connectivity index (χ3v) is 3.60. The maximum atomic E-state index is 6.11. The molecular formula is C15H15ClN4O. The minimum absolute atomic E-state index is 0.369. The van der Waals surface area contributed by atoms with Gasteiger partial charge in [0.25, 0.3) is 5.78 Å². The van der Waals surface area contributed by atoms with Crippen molar-refractivity contribution >= 4 is 17.4 Å². The second kappa shape index (κ2) is 5.69. The van der Waals surface area contributed by atoms with Gasteiger partial charge < -0.3 is 4.74 Å². The number of benzene rings is 1. The number of hydrogen-bond donors (Lipinski definition) is 0. The van der Waals surface area contributed by atoms with Crippen LogP contribution in [0.5, 0.6) is 11.6 Å². The van der Waals surface area contributed by atoms with Gasteiger partial charge in [0.15, 0.2) is 0 Å². The highest BCUT2D eigenvalue weighted by atomic mass is 35.5. The Bertz CT molecular complexity index is 767. The van der Waals surface area contributed by atoms with E-state index in [-0.39, 0.29) is 0 Å². The molecule has 6 heteroatoms. The van der Waals surface area contributed by atoms with Crippen molar-refractivity contribution in [3.63, 3.8) is 0 Å². The zero-order valence-corrected chi connectivity index (χ0v) is 12.6. The highest BCUT2D eigenvalue weighted by molar-refractivity contribution is 6.30. The zero-order valence-electron chi connectivity index (χ0n) is 11.9. The number of rotatable bonds is 4. The van der Waals surface area contributed by atoms with Gasteiger partial charge in [0, 0.05) is 5.56 Å². The van der Waals surface area contributed by atoms with Crippen molar-refractivity contribution in [3.8, 4) is 11.6 Å². The molecule has 2 aromatic heterocycles. The lowest BCUT2D eigenvalue weighted by atomic mass is 10.1. The SMILES string of the molecule is CCCc1ccc(Oc2c(C)c(Cl)nc3ncnn23)cc1. The molecule has 0 amide bonds. The molecule has 0 aliphatic rings. The van der Waals surface area contributed by atoms with Gasteiger partial charge in [-0.25, -0.2) is 0 Å². The highest BCUT2D eigenvalue weighted by Crippen LogP contribution is 2.28. The summed E-state index contributed by atoms with van der Waals surface area (Å²) in [6, 6.07) is 8.02. The van der Waals surface area contributed by atoms with Gasteiger partial charge in [-0.2, -0.15) is 19.6 Å². The van der Waals surface area contributed by atoms with E-state index in [0.717, 1.165) is 24.2 Å². The predicted molar refractivity (Wildman–Crippen MR) is 81.0 cm³/mol. The van der Waals surface area contributed by atoms with E-state index >= 15 is 0 Å². The van der Waals surface area contributed by atoms with Crippen LogP contribution in [0, 0.1) is 6.92 Å². The molecule has 5 nitrogen and oxygen atoms in total. The van der Waals surface area contributed by atoms with Crippen molar-refractivity contribution < 1.29 is 4.74 Å². The normalized spacial score (nSPS) is 11.0. The van der Waals surface area contributed by atoms with Crippen molar-refractivity contribution in [2.24, 2.45) is 0 Å². The van der Waals surface area contributed by atoms with E-state index in [1.54, 1.807) is 4.52 Å². The minimum Gasteiger partial charge on any atom is -0.438 e. The highest BCUT2D eigenvalue weighted by Gasteiger charge is 2.14. The molecule has 0 saturated carbocycles. The number of nitrogens with zero attached hydrogens (tertiary/aromatic N) is 4. The van der Waals surface area contributed by atoms with Gasteiger partial charge in [0.05, 0.1) is 0 Å². The Labute approximate surface area is 127 Å². The molecule has 2 heterocycles. The maximum absolute atomic E-state index is 6.11. The van der Waals surface area contributed by atoms with Gasteiger partial charge in [-0.3, -0.25) is 0 Å². The summed E-state index contributed by atoms with van der Waals surface area (Å²) in [5.41, 5.74) is 2.02. The number of aromatic nitrogens is 4. The van der Waals surface area contributed by atoms with Crippen molar-refractivity contribution in [2.45, 2.75) is 26.7 Å². The predicted octanol–water partition coefficient (Wildman–Crippen LogP) is 3.83. The summed E-state index contributed by atoms with van der Waals surface area (Å²) in [5.74, 6) is 1.69. The Morgan fingerprint density at radius 2 is 2.00 bits per heavy atom. The molecule has 1 aromatic carbocycles. The van der Waals surface area contributed by atoms with E-state index in [9.17, 15) is 0 Å². The van der Waals surface area contributed by atoms with Crippen LogP contribution in [0.2, 0.25) is 5.15 Å². The van der Waals surface area contributed by atoms with Crippen LogP contribution in [0.15, 0.2) is 30.6 Å². The summed E-state index contributed by atoms with van der Waals surface area (Å²) < 4.78 is 7.47. The van der Waals surface area contributed by atoms with Crippen LogP contribution in [-0.4, -0.2) is 19.6 Å². The second-order valence-electron chi connectivity index (χ2n) is 4.80. The van der Waals surface area contributed by atoms with Crippen LogP contribution in [0.25, 0.3) is 5.78 Å². The van der Waals surface area contributed by atoms with Crippen LogP contribution in [-0.2, 0) is 6.42 Å². The van der Waals surface area contributed by atoms with Crippen LogP contribution < -0.4 is 4.74 Å². The quantitative estimate of drug-likeness (QED) is 0.687. The molecule has 0 fully saturated rings. The first-order valence-corrected chi connectivity index (χ1v) is 7.19. The Morgan fingerprint density at radius 1 is 1.24 bits per heavy atom. The first-order valence-electron chi connectivity index (χ1n) is 6.81. The average molecular weight is 303 g/mol. The van der Waals surface area contributed by atoms with Crippen molar-refractivity contribution in [1.29, 1.82) is 0 Å². The largest absolute Gasteiger partial charge is 0.438 e. The molecule has 0 aliphatic carbocycles. The number of halogens is 1. The van der Waals surface area contributed by atoms with Gasteiger partial charge in [-0.05, 0) is 31.0 Å². The standard InChI is InChI=1S/C15H15ClN4O/c1-3-4-11-5-7-12(8-6-11)21-14-10(2)13(16)19-15-17-9-18-20(14)15/h5-9H,3-4H2,1-2H3. The number of ether oxygens (including phenoxy) is 1. The average Bonchev–Trinajstić information content (AvgIpc) is 2.94. The molecular weight excluding hydrogens is 288 g/mol. The molecule has 0 saturated heterocycles. The molecule has 3 aromatic rings. The Balaban J connectivity index is 1.97. The molecule has 0 bridgehead atoms. The van der Waals surface area contributed by atoms with Gasteiger partial charge in [0.2, 0.25) is 5.88 Å². The van der Waals surface area contributed by atoms with Crippen molar-refractivity contribution in [3.05, 3.63) is 46.9 Å². The molecule has 3 rings (SSSR count). The van der Waals surface area contributed by atoms with Crippen LogP contribution in [0.1, 0.15) is 24.5 Å². The molecule has 0 aliphatic heterocycles. The molecule has 108 valence electrons. The summed E-state index contributed by atoms with van der Waals surface area (Å²) in [6.45, 7) is 4.01. The Morgan fingerprint density at radius 3 is 2.71 bits per heavy atom. The van der Waals surface area contributed by atoms with Crippen molar-refractivity contribution in [1.82, 2.24) is 19.6 Å². The molecule has 0 atom stereocenters. The summed E-state index contributed by atoms with van der Waals surface area (Å²) in [7, 11) is 0. The van der Waals surface area contributed by atoms with E-state index in [1.807, 2.05) is 19.1 Å². The summed E-state index contributed by atoms with van der Waals surface area (Å²) in [6.07, 6.45) is 3.61. The van der Waals surface area contributed by atoms with E-state index in [2.05, 4.69) is 34.1 Å². The zero-order chi connectivity index (χ0) is 14.8. The lowest BCUT2D eigenvalue weighted by Crippen LogP contribution is -2.01. The second-order valence-corrected chi connectivity index (χ2v) is 5.16. The third kappa shape index (κ3) is 2.69. The summed E-state index contributed by atoms with van der Waals surface area (Å²) >= 11 is 6.11. The van der Waals surface area contributed by atoms with Crippen LogP contribution in [0.4, 0.5) is 0 Å². The number of aryl methyl sites for hydroxylation is 1. The van der Waals surface area contributed by atoms with Gasteiger partial charge in [-0.1, -0.05) is 37.1 Å². The summed E-state index contributed by atoms with van der Waals surface area (Å²) in [4.78, 5) is 8.19. The minimum atomic E-state index is 0.369. The Hall–Kier alpha value is -2.14. The van der Waals surface area contributed by atoms with Gasteiger partial charge in [-0.15, -0.1) is 0 Å². The fourth-order valence-corrected chi connectivity index (χ4v) is 2.27. The van der Waals surface area contributed by atoms with Crippen LogP contribution >= 0.6 is 11.6 Å². The van der Waals surface area contributed by atoms with Gasteiger partial charge >= 0.3 is 0 Å². The van der Waals surface area contributed by atoms with E-state index in [4.69, 9.17) is 16.3 Å². The van der Waals surface area contributed by atoms with Gasteiger partial charge in [0.1, 0.15) is 17.2 Å². The van der Waals surface area contributed by atoms with Crippen molar-refractivity contribution in [2.75, 3.05) is 0 Å². The molecule has 0 spiro atoms. The third-order valence-electron chi connectivity index (χ3n) is 3.23. The number of fused-ring (bicyclic) bond motifs is 1. The van der Waals surface area contributed by atoms with E-state index in [0.29, 0.717) is 16.8 Å².